The first-order valence-electron chi connectivity index (χ1n) is 8.20. The summed E-state index contributed by atoms with van der Waals surface area (Å²) in [4.78, 5) is 26.3. The van der Waals surface area contributed by atoms with Crippen LogP contribution in [0.2, 0.25) is 5.02 Å². The summed E-state index contributed by atoms with van der Waals surface area (Å²) in [6.07, 6.45) is 9.94. The number of halogens is 1. The van der Waals surface area contributed by atoms with E-state index in [9.17, 15) is 4.79 Å². The van der Waals surface area contributed by atoms with Crippen LogP contribution >= 0.6 is 11.6 Å². The van der Waals surface area contributed by atoms with Gasteiger partial charge in [0.25, 0.3) is 5.91 Å². The smallest absolute Gasteiger partial charge is 0.276 e. The molecule has 124 valence electrons. The van der Waals surface area contributed by atoms with Gasteiger partial charge in [0.05, 0.1) is 5.02 Å². The minimum atomic E-state index is -0.168. The van der Waals surface area contributed by atoms with Gasteiger partial charge in [-0.1, -0.05) is 24.4 Å². The topological polar surface area (TPSA) is 73.4 Å². The van der Waals surface area contributed by atoms with E-state index in [4.69, 9.17) is 11.6 Å². The van der Waals surface area contributed by atoms with Gasteiger partial charge in [0.1, 0.15) is 11.3 Å². The van der Waals surface area contributed by atoms with Crippen LogP contribution in [-0.2, 0) is 4.79 Å². The number of nitrogens with one attached hydrogen (secondary N) is 2. The molecule has 0 atom stereocenters. The Hall–Kier alpha value is -2.34. The van der Waals surface area contributed by atoms with Crippen molar-refractivity contribution in [1.82, 2.24) is 20.2 Å². The summed E-state index contributed by atoms with van der Waals surface area (Å²) < 4.78 is 0. The van der Waals surface area contributed by atoms with Crippen LogP contribution in [-0.4, -0.2) is 39.8 Å². The van der Waals surface area contributed by atoms with Crippen molar-refractivity contribution in [3.63, 3.8) is 0 Å². The van der Waals surface area contributed by atoms with Gasteiger partial charge in [-0.05, 0) is 25.0 Å². The third kappa shape index (κ3) is 2.89. The predicted octanol–water partition coefficient (Wildman–Crippen LogP) is 2.92. The molecule has 6 nitrogen and oxygen atoms in total. The number of aromatic amines is 1. The molecule has 0 aromatic carbocycles. The number of hydrogen-bond acceptors (Lipinski definition) is 4. The molecular weight excluding hydrogens is 326 g/mol. The van der Waals surface area contributed by atoms with Gasteiger partial charge in [0, 0.05) is 36.4 Å². The predicted molar refractivity (Wildman–Crippen MR) is 94.7 cm³/mol. The molecule has 4 rings (SSSR count). The summed E-state index contributed by atoms with van der Waals surface area (Å²) in [5, 5.41) is 4.33. The Bertz CT molecular complexity index is 846. The Balaban J connectivity index is 1.65. The first kappa shape index (κ1) is 15.2. The SMILES string of the molecule is O=C1NC(N2CCCCCC2)=N/C1=C\c1c[nH]c2ncc(Cl)cc12. The molecule has 24 heavy (non-hydrogen) atoms. The molecular formula is C17H18ClN5O. The first-order valence-corrected chi connectivity index (χ1v) is 8.58. The normalized spacial score (nSPS) is 20.4. The maximum atomic E-state index is 12.3. The van der Waals surface area contributed by atoms with Gasteiger partial charge in [0.15, 0.2) is 0 Å². The van der Waals surface area contributed by atoms with E-state index < -0.39 is 0 Å². The number of aromatic nitrogens is 2. The molecule has 2 aliphatic rings. The van der Waals surface area contributed by atoms with Gasteiger partial charge in [-0.25, -0.2) is 9.98 Å². The number of likely N-dealkylation sites (tertiary alicyclic amines) is 1. The van der Waals surface area contributed by atoms with Crippen molar-refractivity contribution in [1.29, 1.82) is 0 Å². The van der Waals surface area contributed by atoms with Crippen LogP contribution in [0.15, 0.2) is 29.1 Å². The van der Waals surface area contributed by atoms with Gasteiger partial charge >= 0.3 is 0 Å². The van der Waals surface area contributed by atoms with Crippen molar-refractivity contribution in [2.45, 2.75) is 25.7 Å². The standard InChI is InChI=1S/C17H18ClN5O/c18-12-8-13-11(9-19-15(13)20-10-12)7-14-16(24)22-17(21-14)23-5-3-1-2-4-6-23/h7-10H,1-6H2,(H,19,20)(H,21,22,24)/b14-7-. The van der Waals surface area contributed by atoms with Crippen molar-refractivity contribution in [3.8, 4) is 0 Å². The summed E-state index contributed by atoms with van der Waals surface area (Å²) in [5.74, 6) is 0.503. The van der Waals surface area contributed by atoms with E-state index >= 15 is 0 Å². The summed E-state index contributed by atoms with van der Waals surface area (Å²) >= 11 is 6.02. The van der Waals surface area contributed by atoms with E-state index in [1.165, 1.54) is 12.8 Å². The van der Waals surface area contributed by atoms with Crippen molar-refractivity contribution < 1.29 is 4.79 Å². The number of H-pyrrole nitrogens is 1. The van der Waals surface area contributed by atoms with Crippen LogP contribution in [0, 0.1) is 0 Å². The zero-order chi connectivity index (χ0) is 16.5. The number of nitrogens with zero attached hydrogens (tertiary/aromatic N) is 3. The molecule has 2 aromatic rings. The lowest BCUT2D eigenvalue weighted by Gasteiger charge is -2.20. The van der Waals surface area contributed by atoms with Crippen molar-refractivity contribution in [3.05, 3.63) is 34.7 Å². The van der Waals surface area contributed by atoms with E-state index in [2.05, 4.69) is 25.2 Å². The molecule has 2 N–H and O–H groups in total. The second-order valence-electron chi connectivity index (χ2n) is 6.11. The Morgan fingerprint density at radius 3 is 2.79 bits per heavy atom. The summed E-state index contributed by atoms with van der Waals surface area (Å²) in [5.41, 5.74) is 2.00. The fourth-order valence-electron chi connectivity index (χ4n) is 3.15. The fourth-order valence-corrected chi connectivity index (χ4v) is 3.31. The Labute approximate surface area is 144 Å². The number of carbonyl (C=O) groups is 1. The number of amides is 1. The molecule has 2 aromatic heterocycles. The van der Waals surface area contributed by atoms with Gasteiger partial charge in [0.2, 0.25) is 5.96 Å². The van der Waals surface area contributed by atoms with E-state index in [1.807, 2.05) is 12.3 Å². The Kier molecular flexibility index (Phi) is 3.98. The lowest BCUT2D eigenvalue weighted by atomic mass is 10.2. The van der Waals surface area contributed by atoms with E-state index in [0.29, 0.717) is 16.7 Å². The van der Waals surface area contributed by atoms with Crippen molar-refractivity contribution >= 4 is 40.6 Å². The molecule has 2 aliphatic heterocycles. The van der Waals surface area contributed by atoms with Gasteiger partial charge < -0.3 is 9.88 Å². The Morgan fingerprint density at radius 2 is 2.00 bits per heavy atom. The highest BCUT2D eigenvalue weighted by atomic mass is 35.5. The van der Waals surface area contributed by atoms with E-state index in [-0.39, 0.29) is 5.91 Å². The molecule has 4 heterocycles. The third-order valence-corrected chi connectivity index (χ3v) is 4.62. The molecule has 0 bridgehead atoms. The number of hydrogen-bond donors (Lipinski definition) is 2. The highest BCUT2D eigenvalue weighted by Gasteiger charge is 2.25. The van der Waals surface area contributed by atoms with E-state index in [0.717, 1.165) is 42.5 Å². The zero-order valence-corrected chi connectivity index (χ0v) is 13.9. The summed E-state index contributed by atoms with van der Waals surface area (Å²) in [6.45, 7) is 1.89. The maximum Gasteiger partial charge on any atom is 0.276 e. The number of carbonyl (C=O) groups excluding carboxylic acids is 1. The number of aliphatic imine (C=N–C) groups is 1. The number of fused-ring (bicyclic) bond motifs is 1. The van der Waals surface area contributed by atoms with Gasteiger partial charge in [-0.15, -0.1) is 0 Å². The quantitative estimate of drug-likeness (QED) is 0.782. The van der Waals surface area contributed by atoms with Crippen LogP contribution in [0.25, 0.3) is 17.1 Å². The lowest BCUT2D eigenvalue weighted by molar-refractivity contribution is -0.115. The average molecular weight is 344 g/mol. The highest BCUT2D eigenvalue weighted by Crippen LogP contribution is 2.23. The lowest BCUT2D eigenvalue weighted by Crippen LogP contribution is -2.40. The monoisotopic (exact) mass is 343 g/mol. The molecule has 0 aliphatic carbocycles. The van der Waals surface area contributed by atoms with Crippen LogP contribution in [0.4, 0.5) is 0 Å². The first-order chi connectivity index (χ1) is 11.7. The van der Waals surface area contributed by atoms with Crippen molar-refractivity contribution in [2.24, 2.45) is 4.99 Å². The van der Waals surface area contributed by atoms with Crippen LogP contribution in [0.5, 0.6) is 0 Å². The molecule has 1 amide bonds. The molecule has 0 spiro atoms. The van der Waals surface area contributed by atoms with Crippen LogP contribution in [0.3, 0.4) is 0 Å². The molecule has 7 heteroatoms. The van der Waals surface area contributed by atoms with Gasteiger partial charge in [-0.3, -0.25) is 10.1 Å². The maximum absolute atomic E-state index is 12.3. The fraction of sp³-hybridized carbons (Fsp3) is 0.353. The minimum Gasteiger partial charge on any atom is -0.346 e. The molecule has 1 fully saturated rings. The zero-order valence-electron chi connectivity index (χ0n) is 13.2. The largest absolute Gasteiger partial charge is 0.346 e. The molecule has 0 unspecified atom stereocenters. The minimum absolute atomic E-state index is 0.168. The second-order valence-corrected chi connectivity index (χ2v) is 6.55. The average Bonchev–Trinajstić information content (AvgIpc) is 3.01. The Morgan fingerprint density at radius 1 is 1.21 bits per heavy atom. The number of rotatable bonds is 1. The van der Waals surface area contributed by atoms with Gasteiger partial charge in [-0.2, -0.15) is 0 Å². The molecule has 1 saturated heterocycles. The third-order valence-electron chi connectivity index (χ3n) is 4.41. The summed E-state index contributed by atoms with van der Waals surface area (Å²) in [7, 11) is 0. The molecule has 0 saturated carbocycles. The number of guanidine groups is 1. The second kappa shape index (κ2) is 6.28. The van der Waals surface area contributed by atoms with Crippen LogP contribution in [0.1, 0.15) is 31.2 Å². The highest BCUT2D eigenvalue weighted by molar-refractivity contribution is 6.31. The number of pyridine rings is 1. The summed E-state index contributed by atoms with van der Waals surface area (Å²) in [6, 6.07) is 1.83. The van der Waals surface area contributed by atoms with E-state index in [1.54, 1.807) is 12.3 Å². The van der Waals surface area contributed by atoms with Crippen molar-refractivity contribution in [2.75, 3.05) is 13.1 Å². The van der Waals surface area contributed by atoms with Crippen LogP contribution < -0.4 is 5.32 Å². The molecule has 0 radical (unpaired) electrons.